The molecule has 3 rings (SSSR count). The quantitative estimate of drug-likeness (QED) is 0.672. The van der Waals surface area contributed by atoms with Crippen LogP contribution in [0.4, 0.5) is 0 Å². The number of hydrogen-bond donors (Lipinski definition) is 0. The molecule has 1 fully saturated rings. The van der Waals surface area contributed by atoms with Gasteiger partial charge in [-0.3, -0.25) is 4.79 Å². The molecule has 0 aliphatic carbocycles. The van der Waals surface area contributed by atoms with Gasteiger partial charge in [0, 0.05) is 5.75 Å². The predicted octanol–water partition coefficient (Wildman–Crippen LogP) is 3.79. The summed E-state index contributed by atoms with van der Waals surface area (Å²) >= 11 is 1.76. The SMILES string of the molecule is COC(=O)CCSC1(c2ccc(OCc3ccccc3)cc2)COC1. The number of methoxy groups -OCH3 is 1. The summed E-state index contributed by atoms with van der Waals surface area (Å²) in [5, 5.41) is 0. The van der Waals surface area contributed by atoms with Crippen molar-refractivity contribution in [1.29, 1.82) is 0 Å². The molecule has 0 amide bonds. The van der Waals surface area contributed by atoms with Gasteiger partial charge in [0.15, 0.2) is 0 Å². The molecule has 0 bridgehead atoms. The monoisotopic (exact) mass is 358 g/mol. The van der Waals surface area contributed by atoms with E-state index >= 15 is 0 Å². The van der Waals surface area contributed by atoms with Crippen molar-refractivity contribution in [2.45, 2.75) is 17.8 Å². The van der Waals surface area contributed by atoms with Crippen LogP contribution in [0.3, 0.4) is 0 Å². The summed E-state index contributed by atoms with van der Waals surface area (Å²) in [4.78, 5) is 11.3. The molecule has 25 heavy (non-hydrogen) atoms. The molecule has 4 nitrogen and oxygen atoms in total. The Morgan fingerprint density at radius 1 is 1.12 bits per heavy atom. The fourth-order valence-corrected chi connectivity index (χ4v) is 3.94. The summed E-state index contributed by atoms with van der Waals surface area (Å²) in [6, 6.07) is 18.3. The van der Waals surface area contributed by atoms with E-state index in [1.807, 2.05) is 42.5 Å². The predicted molar refractivity (Wildman–Crippen MR) is 98.8 cm³/mol. The van der Waals surface area contributed by atoms with Crippen LogP contribution in [0.2, 0.25) is 0 Å². The van der Waals surface area contributed by atoms with Crippen LogP contribution in [0.15, 0.2) is 54.6 Å². The molecule has 0 radical (unpaired) electrons. The molecule has 0 spiro atoms. The zero-order valence-electron chi connectivity index (χ0n) is 14.3. The smallest absolute Gasteiger partial charge is 0.306 e. The Morgan fingerprint density at radius 2 is 1.84 bits per heavy atom. The largest absolute Gasteiger partial charge is 0.489 e. The molecule has 0 saturated carbocycles. The van der Waals surface area contributed by atoms with Gasteiger partial charge in [0.1, 0.15) is 12.4 Å². The average Bonchev–Trinajstić information content (AvgIpc) is 2.63. The summed E-state index contributed by atoms with van der Waals surface area (Å²) < 4.78 is 15.9. The summed E-state index contributed by atoms with van der Waals surface area (Å²) in [5.41, 5.74) is 2.36. The first-order valence-electron chi connectivity index (χ1n) is 8.28. The first-order valence-corrected chi connectivity index (χ1v) is 9.26. The number of ether oxygens (including phenoxy) is 3. The number of rotatable bonds is 8. The first kappa shape index (κ1) is 17.8. The van der Waals surface area contributed by atoms with Crippen molar-refractivity contribution in [3.8, 4) is 5.75 Å². The molecule has 0 N–H and O–H groups in total. The fraction of sp³-hybridized carbons (Fsp3) is 0.350. The molecule has 0 unspecified atom stereocenters. The Morgan fingerprint density at radius 3 is 2.44 bits per heavy atom. The topological polar surface area (TPSA) is 44.8 Å². The maximum absolute atomic E-state index is 11.3. The minimum Gasteiger partial charge on any atom is -0.489 e. The van der Waals surface area contributed by atoms with E-state index in [9.17, 15) is 4.79 Å². The Labute approximate surface area is 152 Å². The van der Waals surface area contributed by atoms with Crippen molar-refractivity contribution in [2.75, 3.05) is 26.1 Å². The molecule has 1 saturated heterocycles. The molecule has 5 heteroatoms. The third kappa shape index (κ3) is 4.55. The maximum atomic E-state index is 11.3. The Kier molecular flexibility index (Phi) is 6.00. The molecule has 132 valence electrons. The molecule has 2 aromatic rings. The lowest BCUT2D eigenvalue weighted by Gasteiger charge is -2.41. The Hall–Kier alpha value is -1.98. The van der Waals surface area contributed by atoms with Crippen LogP contribution in [-0.4, -0.2) is 32.0 Å². The highest BCUT2D eigenvalue weighted by Gasteiger charge is 2.40. The molecule has 1 aliphatic rings. The second kappa shape index (κ2) is 8.41. The molecular weight excluding hydrogens is 336 g/mol. The normalized spacial score (nSPS) is 15.2. The average molecular weight is 358 g/mol. The molecule has 1 aliphatic heterocycles. The number of esters is 1. The Bertz CT molecular complexity index is 681. The number of benzene rings is 2. The number of carbonyl (C=O) groups excluding carboxylic acids is 1. The van der Waals surface area contributed by atoms with Crippen molar-refractivity contribution in [3.05, 3.63) is 65.7 Å². The van der Waals surface area contributed by atoms with E-state index in [2.05, 4.69) is 12.1 Å². The van der Waals surface area contributed by atoms with Gasteiger partial charge in [0.05, 0.1) is 31.5 Å². The van der Waals surface area contributed by atoms with Gasteiger partial charge in [-0.05, 0) is 23.3 Å². The lowest BCUT2D eigenvalue weighted by molar-refractivity contribution is -0.140. The van der Waals surface area contributed by atoms with E-state index in [1.54, 1.807) is 11.8 Å². The van der Waals surface area contributed by atoms with E-state index in [1.165, 1.54) is 12.7 Å². The van der Waals surface area contributed by atoms with Crippen LogP contribution in [0.1, 0.15) is 17.5 Å². The maximum Gasteiger partial charge on any atom is 0.306 e. The fourth-order valence-electron chi connectivity index (χ4n) is 2.65. The second-order valence-electron chi connectivity index (χ2n) is 5.96. The third-order valence-electron chi connectivity index (χ3n) is 4.21. The number of hydrogen-bond acceptors (Lipinski definition) is 5. The van der Waals surface area contributed by atoms with Gasteiger partial charge in [0.2, 0.25) is 0 Å². The minimum atomic E-state index is -0.174. The summed E-state index contributed by atoms with van der Waals surface area (Å²) in [7, 11) is 1.42. The van der Waals surface area contributed by atoms with Gasteiger partial charge in [-0.1, -0.05) is 42.5 Å². The van der Waals surface area contributed by atoms with Gasteiger partial charge in [-0.15, -0.1) is 11.8 Å². The van der Waals surface area contributed by atoms with Gasteiger partial charge in [-0.2, -0.15) is 0 Å². The number of carbonyl (C=O) groups is 1. The van der Waals surface area contributed by atoms with Crippen LogP contribution < -0.4 is 4.74 Å². The summed E-state index contributed by atoms with van der Waals surface area (Å²) in [5.74, 6) is 1.40. The van der Waals surface area contributed by atoms with E-state index in [0.717, 1.165) is 17.1 Å². The van der Waals surface area contributed by atoms with Crippen molar-refractivity contribution < 1.29 is 19.0 Å². The lowest BCUT2D eigenvalue weighted by atomic mass is 9.96. The van der Waals surface area contributed by atoms with Crippen molar-refractivity contribution in [3.63, 3.8) is 0 Å². The van der Waals surface area contributed by atoms with Gasteiger partial charge < -0.3 is 14.2 Å². The van der Waals surface area contributed by atoms with E-state index in [-0.39, 0.29) is 10.7 Å². The second-order valence-corrected chi connectivity index (χ2v) is 7.44. The highest BCUT2D eigenvalue weighted by Crippen LogP contribution is 2.43. The van der Waals surface area contributed by atoms with E-state index in [4.69, 9.17) is 14.2 Å². The van der Waals surface area contributed by atoms with Crippen LogP contribution in [0.5, 0.6) is 5.75 Å². The first-order chi connectivity index (χ1) is 12.2. The number of thioether (sulfide) groups is 1. The van der Waals surface area contributed by atoms with E-state index in [0.29, 0.717) is 26.2 Å². The van der Waals surface area contributed by atoms with Crippen LogP contribution in [0, 0.1) is 0 Å². The molecule has 1 heterocycles. The van der Waals surface area contributed by atoms with Crippen LogP contribution >= 0.6 is 11.8 Å². The highest BCUT2D eigenvalue weighted by molar-refractivity contribution is 8.00. The van der Waals surface area contributed by atoms with E-state index < -0.39 is 0 Å². The van der Waals surface area contributed by atoms with Gasteiger partial charge in [-0.25, -0.2) is 0 Å². The zero-order chi connectivity index (χ0) is 17.5. The summed E-state index contributed by atoms with van der Waals surface area (Å²) in [6.07, 6.45) is 0.418. The van der Waals surface area contributed by atoms with Gasteiger partial charge in [0.25, 0.3) is 0 Å². The van der Waals surface area contributed by atoms with Crippen molar-refractivity contribution in [2.24, 2.45) is 0 Å². The standard InChI is InChI=1S/C20H22O4S/c1-22-19(21)11-12-25-20(14-23-15-20)17-7-9-18(10-8-17)24-13-16-5-3-2-4-6-16/h2-10H,11-15H2,1H3. The van der Waals surface area contributed by atoms with Crippen molar-refractivity contribution in [1.82, 2.24) is 0 Å². The Balaban J connectivity index is 1.57. The zero-order valence-corrected chi connectivity index (χ0v) is 15.1. The third-order valence-corrected chi connectivity index (χ3v) is 5.64. The summed E-state index contributed by atoms with van der Waals surface area (Å²) in [6.45, 7) is 1.90. The molecule has 0 aromatic heterocycles. The molecule has 2 aromatic carbocycles. The van der Waals surface area contributed by atoms with Crippen LogP contribution in [0.25, 0.3) is 0 Å². The van der Waals surface area contributed by atoms with Crippen molar-refractivity contribution >= 4 is 17.7 Å². The van der Waals surface area contributed by atoms with Crippen LogP contribution in [-0.2, 0) is 25.6 Å². The highest BCUT2D eigenvalue weighted by atomic mass is 32.2. The van der Waals surface area contributed by atoms with Gasteiger partial charge >= 0.3 is 5.97 Å². The molecule has 0 atom stereocenters. The molecular formula is C20H22O4S. The minimum absolute atomic E-state index is 0.0635. The lowest BCUT2D eigenvalue weighted by Crippen LogP contribution is -2.44.